The van der Waals surface area contributed by atoms with Gasteiger partial charge in [-0.15, -0.1) is 0 Å². The average molecular weight is 286 g/mol. The molecule has 0 aliphatic heterocycles. The molecule has 0 aromatic heterocycles. The molecule has 1 atom stereocenters. The lowest BCUT2D eigenvalue weighted by atomic mass is 10.1. The smallest absolute Gasteiger partial charge is 0.253 e. The Morgan fingerprint density at radius 1 is 1.56 bits per heavy atom. The molecule has 1 aromatic carbocycles. The van der Waals surface area contributed by atoms with Gasteiger partial charge in [0.1, 0.15) is 6.10 Å². The minimum absolute atomic E-state index is 0.125. The second-order valence-electron chi connectivity index (χ2n) is 3.52. The van der Waals surface area contributed by atoms with Crippen LogP contribution in [-0.2, 0) is 16.0 Å². The molecule has 0 radical (unpaired) electrons. The van der Waals surface area contributed by atoms with Gasteiger partial charge < -0.3 is 10.1 Å². The molecule has 1 rings (SSSR count). The first-order valence-electron chi connectivity index (χ1n) is 5.20. The fourth-order valence-corrected chi connectivity index (χ4v) is 1.73. The molecule has 0 spiro atoms. The van der Waals surface area contributed by atoms with Crippen LogP contribution in [0.1, 0.15) is 19.4 Å². The minimum atomic E-state index is -0.437. The van der Waals surface area contributed by atoms with Crippen LogP contribution < -0.4 is 5.32 Å². The fourth-order valence-electron chi connectivity index (χ4n) is 1.32. The summed E-state index contributed by atoms with van der Waals surface area (Å²) in [7, 11) is 1.52. The van der Waals surface area contributed by atoms with Gasteiger partial charge in [0.05, 0.1) is 0 Å². The van der Waals surface area contributed by atoms with Crippen LogP contribution in [0.5, 0.6) is 0 Å². The Morgan fingerprint density at radius 2 is 2.25 bits per heavy atom. The first-order valence-corrected chi connectivity index (χ1v) is 5.99. The van der Waals surface area contributed by atoms with Crippen molar-refractivity contribution in [3.8, 4) is 0 Å². The summed E-state index contributed by atoms with van der Waals surface area (Å²) in [6.07, 6.45) is 0.435. The number of benzene rings is 1. The van der Waals surface area contributed by atoms with E-state index in [1.54, 1.807) is 6.92 Å². The van der Waals surface area contributed by atoms with Crippen molar-refractivity contribution in [2.24, 2.45) is 0 Å². The number of anilines is 1. The highest BCUT2D eigenvalue weighted by Crippen LogP contribution is 2.21. The molecule has 88 valence electrons. The Hall–Kier alpha value is -0.870. The number of halogens is 1. The number of carbonyl (C=O) groups is 1. The summed E-state index contributed by atoms with van der Waals surface area (Å²) in [4.78, 5) is 11.6. The zero-order valence-corrected chi connectivity index (χ0v) is 11.3. The molecule has 0 aliphatic carbocycles. The molecule has 0 fully saturated rings. The quantitative estimate of drug-likeness (QED) is 0.924. The summed E-state index contributed by atoms with van der Waals surface area (Å²) < 4.78 is 5.98. The van der Waals surface area contributed by atoms with Gasteiger partial charge in [-0.2, -0.15) is 0 Å². The number of hydrogen-bond acceptors (Lipinski definition) is 2. The first kappa shape index (κ1) is 13.2. The second-order valence-corrected chi connectivity index (χ2v) is 4.44. The maximum atomic E-state index is 11.6. The number of aryl methyl sites for hydroxylation is 1. The van der Waals surface area contributed by atoms with Gasteiger partial charge in [0.2, 0.25) is 0 Å². The molecule has 0 heterocycles. The van der Waals surface area contributed by atoms with Gasteiger partial charge in [-0.25, -0.2) is 0 Å². The van der Waals surface area contributed by atoms with Crippen LogP contribution in [0.25, 0.3) is 0 Å². The zero-order valence-electron chi connectivity index (χ0n) is 9.71. The van der Waals surface area contributed by atoms with Gasteiger partial charge >= 0.3 is 0 Å². The first-order chi connectivity index (χ1) is 7.58. The van der Waals surface area contributed by atoms with Crippen molar-refractivity contribution in [1.82, 2.24) is 0 Å². The summed E-state index contributed by atoms with van der Waals surface area (Å²) in [5.74, 6) is -0.125. The lowest BCUT2D eigenvalue weighted by molar-refractivity contribution is -0.124. The fraction of sp³-hybridized carbons (Fsp3) is 0.417. The molecule has 1 amide bonds. The molecule has 3 nitrogen and oxygen atoms in total. The molecule has 4 heteroatoms. The number of hydrogen-bond donors (Lipinski definition) is 1. The number of nitrogens with one attached hydrogen (secondary N) is 1. The van der Waals surface area contributed by atoms with Gasteiger partial charge in [-0.3, -0.25) is 4.79 Å². The number of carbonyl (C=O) groups excluding carboxylic acids is 1. The van der Waals surface area contributed by atoms with Crippen LogP contribution in [-0.4, -0.2) is 19.1 Å². The van der Waals surface area contributed by atoms with Gasteiger partial charge in [-0.05, 0) is 37.1 Å². The van der Waals surface area contributed by atoms with Crippen molar-refractivity contribution in [2.75, 3.05) is 12.4 Å². The molecule has 1 N–H and O–H groups in total. The van der Waals surface area contributed by atoms with Crippen molar-refractivity contribution in [2.45, 2.75) is 26.4 Å². The van der Waals surface area contributed by atoms with Crippen LogP contribution in [0.2, 0.25) is 0 Å². The Balaban J connectivity index is 2.84. The third kappa shape index (κ3) is 3.32. The molecule has 1 aromatic rings. The van der Waals surface area contributed by atoms with Crippen LogP contribution in [0.4, 0.5) is 5.69 Å². The highest BCUT2D eigenvalue weighted by atomic mass is 79.9. The third-order valence-electron chi connectivity index (χ3n) is 2.43. The predicted octanol–water partition coefficient (Wildman–Crippen LogP) is 2.98. The zero-order chi connectivity index (χ0) is 12.1. The Morgan fingerprint density at radius 3 is 2.81 bits per heavy atom. The molecule has 0 saturated carbocycles. The van der Waals surface area contributed by atoms with E-state index in [1.165, 1.54) is 7.11 Å². The van der Waals surface area contributed by atoms with E-state index in [4.69, 9.17) is 4.74 Å². The minimum Gasteiger partial charge on any atom is -0.372 e. The summed E-state index contributed by atoms with van der Waals surface area (Å²) in [5, 5.41) is 2.85. The Kier molecular flexibility index (Phi) is 4.96. The number of methoxy groups -OCH3 is 1. The Labute approximate surface area is 104 Å². The molecule has 1 unspecified atom stereocenters. The average Bonchev–Trinajstić information content (AvgIpc) is 2.30. The molecular formula is C12H16BrNO2. The van der Waals surface area contributed by atoms with Gasteiger partial charge in [0.15, 0.2) is 0 Å². The SMILES string of the molecule is CCc1cc(Br)ccc1NC(=O)C(C)OC. The van der Waals surface area contributed by atoms with Crippen LogP contribution in [0, 0.1) is 0 Å². The molecule has 16 heavy (non-hydrogen) atoms. The Bertz CT molecular complexity index is 379. The maximum absolute atomic E-state index is 11.6. The normalized spacial score (nSPS) is 12.2. The van der Waals surface area contributed by atoms with E-state index < -0.39 is 6.10 Å². The van der Waals surface area contributed by atoms with Crippen molar-refractivity contribution in [1.29, 1.82) is 0 Å². The second kappa shape index (κ2) is 6.01. The largest absolute Gasteiger partial charge is 0.372 e. The van der Waals surface area contributed by atoms with E-state index in [2.05, 4.69) is 28.2 Å². The standard InChI is InChI=1S/C12H16BrNO2/c1-4-9-7-10(13)5-6-11(9)14-12(15)8(2)16-3/h5-8H,4H2,1-3H3,(H,14,15). The van der Waals surface area contributed by atoms with E-state index in [9.17, 15) is 4.79 Å². The number of ether oxygens (including phenoxy) is 1. The summed E-state index contributed by atoms with van der Waals surface area (Å²) in [6.45, 7) is 3.77. The highest BCUT2D eigenvalue weighted by Gasteiger charge is 2.13. The van der Waals surface area contributed by atoms with Crippen molar-refractivity contribution in [3.63, 3.8) is 0 Å². The van der Waals surface area contributed by atoms with E-state index in [0.717, 1.165) is 22.1 Å². The van der Waals surface area contributed by atoms with Crippen molar-refractivity contribution in [3.05, 3.63) is 28.2 Å². The van der Waals surface area contributed by atoms with E-state index in [-0.39, 0.29) is 5.91 Å². The predicted molar refractivity (Wildman–Crippen MR) is 68.6 cm³/mol. The lowest BCUT2D eigenvalue weighted by Gasteiger charge is -2.13. The third-order valence-corrected chi connectivity index (χ3v) is 2.92. The molecule has 0 bridgehead atoms. The molecular weight excluding hydrogens is 270 g/mol. The maximum Gasteiger partial charge on any atom is 0.253 e. The van der Waals surface area contributed by atoms with Crippen molar-refractivity contribution >= 4 is 27.5 Å². The van der Waals surface area contributed by atoms with E-state index >= 15 is 0 Å². The number of rotatable bonds is 4. The van der Waals surface area contributed by atoms with Gasteiger partial charge in [0, 0.05) is 17.3 Å². The van der Waals surface area contributed by atoms with E-state index in [0.29, 0.717) is 0 Å². The highest BCUT2D eigenvalue weighted by molar-refractivity contribution is 9.10. The van der Waals surface area contributed by atoms with Crippen molar-refractivity contribution < 1.29 is 9.53 Å². The number of amides is 1. The monoisotopic (exact) mass is 285 g/mol. The van der Waals surface area contributed by atoms with Crippen LogP contribution in [0.15, 0.2) is 22.7 Å². The van der Waals surface area contributed by atoms with Crippen LogP contribution >= 0.6 is 15.9 Å². The topological polar surface area (TPSA) is 38.3 Å². The summed E-state index contributed by atoms with van der Waals surface area (Å²) in [5.41, 5.74) is 1.95. The summed E-state index contributed by atoms with van der Waals surface area (Å²) in [6, 6.07) is 5.81. The molecule has 0 aliphatic rings. The van der Waals surface area contributed by atoms with Crippen LogP contribution in [0.3, 0.4) is 0 Å². The van der Waals surface area contributed by atoms with Gasteiger partial charge in [-0.1, -0.05) is 22.9 Å². The molecule has 0 saturated heterocycles. The summed E-state index contributed by atoms with van der Waals surface area (Å²) >= 11 is 3.41. The van der Waals surface area contributed by atoms with E-state index in [1.807, 2.05) is 18.2 Å². The van der Waals surface area contributed by atoms with Gasteiger partial charge in [0.25, 0.3) is 5.91 Å². The lowest BCUT2D eigenvalue weighted by Crippen LogP contribution is -2.26.